The maximum Gasteiger partial charge on any atom is 0.338 e. The molecular formula is C9H8F2O3. The van der Waals surface area contributed by atoms with Crippen LogP contribution in [-0.4, -0.2) is 18.2 Å². The largest absolute Gasteiger partial charge is 0.496 e. The number of carboxylic acid groups (broad SMARTS) is 1. The van der Waals surface area contributed by atoms with Crippen LogP contribution >= 0.6 is 0 Å². The number of aromatic carboxylic acids is 1. The van der Waals surface area contributed by atoms with Crippen LogP contribution in [0.5, 0.6) is 5.75 Å². The third-order valence-corrected chi connectivity index (χ3v) is 1.85. The highest BCUT2D eigenvalue weighted by Gasteiger charge is 2.20. The Morgan fingerprint density at radius 3 is 2.43 bits per heavy atom. The van der Waals surface area contributed by atoms with Crippen LogP contribution in [0.15, 0.2) is 6.07 Å². The van der Waals surface area contributed by atoms with E-state index in [1.165, 1.54) is 14.0 Å². The van der Waals surface area contributed by atoms with Gasteiger partial charge in [-0.3, -0.25) is 0 Å². The minimum Gasteiger partial charge on any atom is -0.496 e. The first-order valence-corrected chi connectivity index (χ1v) is 3.75. The van der Waals surface area contributed by atoms with Crippen molar-refractivity contribution in [2.24, 2.45) is 0 Å². The summed E-state index contributed by atoms with van der Waals surface area (Å²) in [6, 6.07) is 0.954. The summed E-state index contributed by atoms with van der Waals surface area (Å²) in [4.78, 5) is 10.5. The highest BCUT2D eigenvalue weighted by atomic mass is 19.2. The molecule has 0 heterocycles. The molecule has 0 aliphatic rings. The Morgan fingerprint density at radius 2 is 2.00 bits per heavy atom. The van der Waals surface area contributed by atoms with E-state index in [1.807, 2.05) is 0 Å². The van der Waals surface area contributed by atoms with Gasteiger partial charge in [-0.2, -0.15) is 0 Å². The van der Waals surface area contributed by atoms with E-state index in [1.54, 1.807) is 0 Å². The Balaban J connectivity index is 3.48. The molecule has 0 bridgehead atoms. The van der Waals surface area contributed by atoms with Crippen LogP contribution in [0.4, 0.5) is 8.78 Å². The standard InChI is InChI=1S/C9H8F2O3/c1-4-6(14-2)3-5(9(12)13)8(11)7(4)10/h3H,1-2H3,(H,12,13). The van der Waals surface area contributed by atoms with Crippen molar-refractivity contribution in [2.45, 2.75) is 6.92 Å². The van der Waals surface area contributed by atoms with Crippen molar-refractivity contribution in [3.8, 4) is 5.75 Å². The van der Waals surface area contributed by atoms with Gasteiger partial charge in [0.15, 0.2) is 11.6 Å². The molecule has 0 amide bonds. The van der Waals surface area contributed by atoms with E-state index in [0.717, 1.165) is 6.07 Å². The molecule has 0 fully saturated rings. The average Bonchev–Trinajstić information content (AvgIpc) is 2.14. The van der Waals surface area contributed by atoms with Gasteiger partial charge in [-0.15, -0.1) is 0 Å². The van der Waals surface area contributed by atoms with Crippen molar-refractivity contribution >= 4 is 5.97 Å². The Hall–Kier alpha value is -1.65. The first-order chi connectivity index (χ1) is 6.49. The summed E-state index contributed by atoms with van der Waals surface area (Å²) in [7, 11) is 1.26. The van der Waals surface area contributed by atoms with Gasteiger partial charge in [-0.1, -0.05) is 0 Å². The Bertz CT molecular complexity index is 388. The molecule has 0 aliphatic heterocycles. The maximum atomic E-state index is 13.1. The number of hydrogen-bond donors (Lipinski definition) is 1. The van der Waals surface area contributed by atoms with E-state index in [2.05, 4.69) is 0 Å². The zero-order valence-electron chi connectivity index (χ0n) is 7.60. The van der Waals surface area contributed by atoms with Crippen molar-refractivity contribution in [1.29, 1.82) is 0 Å². The number of ether oxygens (including phenoxy) is 1. The number of carboxylic acids is 1. The third-order valence-electron chi connectivity index (χ3n) is 1.85. The summed E-state index contributed by atoms with van der Waals surface area (Å²) >= 11 is 0. The maximum absolute atomic E-state index is 13.1. The highest BCUT2D eigenvalue weighted by Crippen LogP contribution is 2.25. The van der Waals surface area contributed by atoms with Crippen molar-refractivity contribution in [3.63, 3.8) is 0 Å². The predicted molar refractivity (Wildman–Crippen MR) is 44.6 cm³/mol. The van der Waals surface area contributed by atoms with E-state index in [4.69, 9.17) is 9.84 Å². The quantitative estimate of drug-likeness (QED) is 0.797. The molecule has 76 valence electrons. The zero-order valence-corrected chi connectivity index (χ0v) is 7.60. The van der Waals surface area contributed by atoms with E-state index in [9.17, 15) is 13.6 Å². The average molecular weight is 202 g/mol. The summed E-state index contributed by atoms with van der Waals surface area (Å²) in [5.74, 6) is -4.07. The summed E-state index contributed by atoms with van der Waals surface area (Å²) in [6.07, 6.45) is 0. The van der Waals surface area contributed by atoms with E-state index >= 15 is 0 Å². The summed E-state index contributed by atoms with van der Waals surface area (Å²) < 4.78 is 30.8. The number of carbonyl (C=O) groups is 1. The Kier molecular flexibility index (Phi) is 2.69. The fourth-order valence-corrected chi connectivity index (χ4v) is 1.06. The SMILES string of the molecule is COc1cc(C(=O)O)c(F)c(F)c1C. The van der Waals surface area contributed by atoms with Crippen LogP contribution in [-0.2, 0) is 0 Å². The van der Waals surface area contributed by atoms with Gasteiger partial charge in [0.2, 0.25) is 0 Å². The third kappa shape index (κ3) is 1.53. The van der Waals surface area contributed by atoms with Crippen LogP contribution < -0.4 is 4.74 Å². The molecule has 0 unspecified atom stereocenters. The molecule has 0 saturated heterocycles. The van der Waals surface area contributed by atoms with Gasteiger partial charge >= 0.3 is 5.97 Å². The highest BCUT2D eigenvalue weighted by molar-refractivity contribution is 5.88. The molecule has 0 aliphatic carbocycles. The number of methoxy groups -OCH3 is 1. The van der Waals surface area contributed by atoms with Crippen LogP contribution in [0.25, 0.3) is 0 Å². The van der Waals surface area contributed by atoms with Gasteiger partial charge in [-0.05, 0) is 13.0 Å². The molecule has 0 aromatic heterocycles. The lowest BCUT2D eigenvalue weighted by Crippen LogP contribution is -2.05. The number of rotatable bonds is 2. The Labute approximate surface area is 78.9 Å². The molecule has 5 heteroatoms. The fourth-order valence-electron chi connectivity index (χ4n) is 1.06. The second kappa shape index (κ2) is 3.61. The molecule has 0 atom stereocenters. The van der Waals surface area contributed by atoms with Crippen molar-refractivity contribution in [1.82, 2.24) is 0 Å². The lowest BCUT2D eigenvalue weighted by Gasteiger charge is -2.08. The predicted octanol–water partition coefficient (Wildman–Crippen LogP) is 1.98. The number of hydrogen-bond acceptors (Lipinski definition) is 2. The topological polar surface area (TPSA) is 46.5 Å². The molecule has 1 aromatic carbocycles. The normalized spacial score (nSPS) is 10.0. The Morgan fingerprint density at radius 1 is 1.43 bits per heavy atom. The van der Waals surface area contributed by atoms with E-state index in [-0.39, 0.29) is 11.3 Å². The lowest BCUT2D eigenvalue weighted by molar-refractivity contribution is 0.0690. The van der Waals surface area contributed by atoms with Crippen LogP contribution in [0, 0.1) is 18.6 Å². The minimum absolute atomic E-state index is 0.0151. The first kappa shape index (κ1) is 10.4. The van der Waals surface area contributed by atoms with Crippen LogP contribution in [0.2, 0.25) is 0 Å². The molecule has 0 saturated carbocycles. The molecule has 3 nitrogen and oxygen atoms in total. The molecule has 1 N–H and O–H groups in total. The van der Waals surface area contributed by atoms with Crippen molar-refractivity contribution in [2.75, 3.05) is 7.11 Å². The van der Waals surface area contributed by atoms with Gasteiger partial charge < -0.3 is 9.84 Å². The van der Waals surface area contributed by atoms with Gasteiger partial charge in [0.25, 0.3) is 0 Å². The molecule has 0 spiro atoms. The molecule has 1 aromatic rings. The van der Waals surface area contributed by atoms with E-state index in [0.29, 0.717) is 0 Å². The van der Waals surface area contributed by atoms with Gasteiger partial charge in [0.05, 0.1) is 7.11 Å². The van der Waals surface area contributed by atoms with E-state index < -0.39 is 23.2 Å². The minimum atomic E-state index is -1.53. The summed E-state index contributed by atoms with van der Waals surface area (Å²) in [5.41, 5.74) is -0.778. The lowest BCUT2D eigenvalue weighted by atomic mass is 10.1. The molecule has 14 heavy (non-hydrogen) atoms. The molecular weight excluding hydrogens is 194 g/mol. The van der Waals surface area contributed by atoms with Crippen molar-refractivity contribution in [3.05, 3.63) is 28.8 Å². The molecule has 0 radical (unpaired) electrons. The van der Waals surface area contributed by atoms with Gasteiger partial charge in [-0.25, -0.2) is 13.6 Å². The van der Waals surface area contributed by atoms with Crippen LogP contribution in [0.3, 0.4) is 0 Å². The van der Waals surface area contributed by atoms with Crippen molar-refractivity contribution < 1.29 is 23.4 Å². The smallest absolute Gasteiger partial charge is 0.338 e. The van der Waals surface area contributed by atoms with Gasteiger partial charge in [0, 0.05) is 5.56 Å². The second-order valence-electron chi connectivity index (χ2n) is 2.68. The molecule has 1 rings (SSSR count). The fraction of sp³-hybridized carbons (Fsp3) is 0.222. The first-order valence-electron chi connectivity index (χ1n) is 3.75. The summed E-state index contributed by atoms with van der Waals surface area (Å²) in [5, 5.41) is 8.54. The zero-order chi connectivity index (χ0) is 10.9. The monoisotopic (exact) mass is 202 g/mol. The second-order valence-corrected chi connectivity index (χ2v) is 2.68. The van der Waals surface area contributed by atoms with Crippen LogP contribution in [0.1, 0.15) is 15.9 Å². The number of benzene rings is 1. The van der Waals surface area contributed by atoms with Gasteiger partial charge in [0.1, 0.15) is 11.3 Å². The number of halogens is 2. The summed E-state index contributed by atoms with van der Waals surface area (Å²) in [6.45, 7) is 1.31.